The van der Waals surface area contributed by atoms with Crippen LogP contribution in [0.25, 0.3) is 11.3 Å². The van der Waals surface area contributed by atoms with Crippen molar-refractivity contribution in [2.24, 2.45) is 0 Å². The fourth-order valence-corrected chi connectivity index (χ4v) is 4.95. The van der Waals surface area contributed by atoms with E-state index in [0.717, 1.165) is 11.8 Å². The van der Waals surface area contributed by atoms with Gasteiger partial charge in [-0.2, -0.15) is 0 Å². The SMILES string of the molecule is COc1ccc(NC(=O)CSc2ncc3c(n2)-c2ccccc2N(C)S3(=O)=O)cc1. The average Bonchev–Trinajstić information content (AvgIpc) is 2.76. The van der Waals surface area contributed by atoms with Crippen molar-refractivity contribution in [1.82, 2.24) is 9.97 Å². The molecule has 1 aromatic heterocycles. The number of thioether (sulfide) groups is 1. The van der Waals surface area contributed by atoms with E-state index in [9.17, 15) is 13.2 Å². The third kappa shape index (κ3) is 3.71. The number of nitrogens with one attached hydrogen (secondary N) is 1. The Hall–Kier alpha value is -3.11. The van der Waals surface area contributed by atoms with Crippen LogP contribution in [0.3, 0.4) is 0 Å². The molecule has 30 heavy (non-hydrogen) atoms. The molecule has 10 heteroatoms. The van der Waals surface area contributed by atoms with E-state index in [-0.39, 0.29) is 16.6 Å². The van der Waals surface area contributed by atoms with Crippen LogP contribution in [0.2, 0.25) is 0 Å². The molecule has 0 bridgehead atoms. The van der Waals surface area contributed by atoms with Gasteiger partial charge in [0, 0.05) is 18.3 Å². The number of fused-ring (bicyclic) bond motifs is 3. The van der Waals surface area contributed by atoms with Crippen LogP contribution in [0.1, 0.15) is 0 Å². The van der Waals surface area contributed by atoms with Crippen molar-refractivity contribution in [3.05, 3.63) is 54.7 Å². The molecule has 1 aliphatic heterocycles. The zero-order chi connectivity index (χ0) is 21.3. The van der Waals surface area contributed by atoms with Crippen LogP contribution < -0.4 is 14.4 Å². The van der Waals surface area contributed by atoms with Gasteiger partial charge < -0.3 is 10.1 Å². The standard InChI is InChI=1S/C20H18N4O4S2/c1-24-16-6-4-3-5-15(16)19-17(30(24,26)27)11-21-20(23-19)29-12-18(25)22-13-7-9-14(28-2)10-8-13/h3-11H,12H2,1-2H3,(H,22,25). The van der Waals surface area contributed by atoms with Crippen molar-refractivity contribution in [1.29, 1.82) is 0 Å². The molecule has 2 aromatic carbocycles. The molecule has 3 aromatic rings. The number of hydrogen-bond donors (Lipinski definition) is 1. The summed E-state index contributed by atoms with van der Waals surface area (Å²) in [5.74, 6) is 0.559. The third-order valence-corrected chi connectivity index (χ3v) is 7.21. The first-order valence-corrected chi connectivity index (χ1v) is 11.3. The molecular formula is C20H18N4O4S2. The Kier molecular flexibility index (Phi) is 5.35. The van der Waals surface area contributed by atoms with Crippen molar-refractivity contribution in [3.63, 3.8) is 0 Å². The average molecular weight is 443 g/mol. The number of ether oxygens (including phenoxy) is 1. The molecule has 0 saturated heterocycles. The Morgan fingerprint density at radius 2 is 1.90 bits per heavy atom. The van der Waals surface area contributed by atoms with E-state index in [1.54, 1.807) is 43.5 Å². The van der Waals surface area contributed by atoms with Crippen LogP contribution in [-0.2, 0) is 14.8 Å². The van der Waals surface area contributed by atoms with Crippen molar-refractivity contribution in [2.45, 2.75) is 10.1 Å². The normalized spacial score (nSPS) is 13.9. The molecule has 0 unspecified atom stereocenters. The minimum Gasteiger partial charge on any atom is -0.497 e. The Labute approximate surface area is 178 Å². The van der Waals surface area contributed by atoms with E-state index in [4.69, 9.17) is 4.74 Å². The Morgan fingerprint density at radius 1 is 1.17 bits per heavy atom. The van der Waals surface area contributed by atoms with E-state index >= 15 is 0 Å². The number of carbonyl (C=O) groups excluding carboxylic acids is 1. The molecule has 2 heterocycles. The first kappa shape index (κ1) is 20.2. The minimum absolute atomic E-state index is 0.0516. The molecule has 0 radical (unpaired) electrons. The molecule has 4 rings (SSSR count). The summed E-state index contributed by atoms with van der Waals surface area (Å²) in [7, 11) is -0.642. The molecule has 0 atom stereocenters. The van der Waals surface area contributed by atoms with Gasteiger partial charge in [0.1, 0.15) is 10.6 Å². The third-order valence-electron chi connectivity index (χ3n) is 4.58. The molecule has 0 saturated carbocycles. The van der Waals surface area contributed by atoms with Crippen LogP contribution in [0, 0.1) is 0 Å². The number of benzene rings is 2. The molecule has 1 amide bonds. The van der Waals surface area contributed by atoms with Crippen LogP contribution >= 0.6 is 11.8 Å². The molecule has 0 fully saturated rings. The van der Waals surface area contributed by atoms with Crippen LogP contribution in [0.5, 0.6) is 5.75 Å². The topological polar surface area (TPSA) is 101 Å². The van der Waals surface area contributed by atoms with Gasteiger partial charge in [-0.05, 0) is 30.3 Å². The largest absolute Gasteiger partial charge is 0.497 e. The number of aromatic nitrogens is 2. The highest BCUT2D eigenvalue weighted by Gasteiger charge is 2.34. The lowest BCUT2D eigenvalue weighted by Crippen LogP contribution is -2.31. The number of rotatable bonds is 5. The van der Waals surface area contributed by atoms with Crippen molar-refractivity contribution in [2.75, 3.05) is 29.5 Å². The summed E-state index contributed by atoms with van der Waals surface area (Å²) in [5.41, 5.74) is 2.25. The monoisotopic (exact) mass is 442 g/mol. The second kappa shape index (κ2) is 7.96. The maximum absolute atomic E-state index is 12.8. The first-order valence-electron chi connectivity index (χ1n) is 8.92. The van der Waals surface area contributed by atoms with Gasteiger partial charge in [-0.1, -0.05) is 30.0 Å². The van der Waals surface area contributed by atoms with Gasteiger partial charge in [0.2, 0.25) is 5.91 Å². The van der Waals surface area contributed by atoms with Crippen molar-refractivity contribution < 1.29 is 17.9 Å². The summed E-state index contributed by atoms with van der Waals surface area (Å²) in [6.07, 6.45) is 1.30. The number of carbonyl (C=O) groups is 1. The van der Waals surface area contributed by atoms with Gasteiger partial charge in [-0.25, -0.2) is 18.4 Å². The number of para-hydroxylation sites is 1. The van der Waals surface area contributed by atoms with E-state index < -0.39 is 10.0 Å². The summed E-state index contributed by atoms with van der Waals surface area (Å²) in [5, 5.41) is 3.11. The summed E-state index contributed by atoms with van der Waals surface area (Å²) in [4.78, 5) is 20.9. The first-order chi connectivity index (χ1) is 14.4. The zero-order valence-electron chi connectivity index (χ0n) is 16.2. The van der Waals surface area contributed by atoms with E-state index in [1.165, 1.54) is 17.5 Å². The summed E-state index contributed by atoms with van der Waals surface area (Å²) >= 11 is 1.14. The number of nitrogens with zero attached hydrogens (tertiary/aromatic N) is 3. The Morgan fingerprint density at radius 3 is 2.63 bits per heavy atom. The highest BCUT2D eigenvalue weighted by Crippen LogP contribution is 2.41. The second-order valence-electron chi connectivity index (χ2n) is 6.42. The predicted octanol–water partition coefficient (Wildman–Crippen LogP) is 3.02. The Balaban J connectivity index is 1.53. The fraction of sp³-hybridized carbons (Fsp3) is 0.150. The van der Waals surface area contributed by atoms with Crippen LogP contribution in [-0.4, -0.2) is 44.2 Å². The van der Waals surface area contributed by atoms with E-state index in [2.05, 4.69) is 15.3 Å². The molecule has 1 aliphatic rings. The number of anilines is 2. The van der Waals surface area contributed by atoms with Gasteiger partial charge in [-0.15, -0.1) is 0 Å². The number of sulfonamides is 1. The lowest BCUT2D eigenvalue weighted by atomic mass is 10.1. The molecule has 0 aliphatic carbocycles. The zero-order valence-corrected chi connectivity index (χ0v) is 17.8. The minimum atomic E-state index is -3.72. The summed E-state index contributed by atoms with van der Waals surface area (Å²) in [6.45, 7) is 0. The summed E-state index contributed by atoms with van der Waals surface area (Å²) < 4.78 is 31.8. The summed E-state index contributed by atoms with van der Waals surface area (Å²) in [6, 6.07) is 14.1. The van der Waals surface area contributed by atoms with Gasteiger partial charge in [-0.3, -0.25) is 9.10 Å². The van der Waals surface area contributed by atoms with Crippen LogP contribution in [0.4, 0.5) is 11.4 Å². The maximum atomic E-state index is 12.8. The second-order valence-corrected chi connectivity index (χ2v) is 9.30. The molecule has 1 N–H and O–H groups in total. The quantitative estimate of drug-likeness (QED) is 0.479. The number of amides is 1. The molecule has 0 spiro atoms. The van der Waals surface area contributed by atoms with Crippen LogP contribution in [0.15, 0.2) is 64.8 Å². The van der Waals surface area contributed by atoms with Gasteiger partial charge >= 0.3 is 0 Å². The number of methoxy groups -OCH3 is 1. The molecule has 8 nitrogen and oxygen atoms in total. The van der Waals surface area contributed by atoms with Crippen molar-refractivity contribution >= 4 is 39.1 Å². The van der Waals surface area contributed by atoms with Crippen molar-refractivity contribution in [3.8, 4) is 17.0 Å². The van der Waals surface area contributed by atoms with Gasteiger partial charge in [0.15, 0.2) is 5.16 Å². The molecule has 154 valence electrons. The predicted molar refractivity (Wildman–Crippen MR) is 115 cm³/mol. The van der Waals surface area contributed by atoms with E-state index in [1.807, 2.05) is 12.1 Å². The van der Waals surface area contributed by atoms with Gasteiger partial charge in [0.25, 0.3) is 10.0 Å². The highest BCUT2D eigenvalue weighted by atomic mass is 32.2. The molecular weight excluding hydrogens is 424 g/mol. The lowest BCUT2D eigenvalue weighted by Gasteiger charge is -2.28. The smallest absolute Gasteiger partial charge is 0.267 e. The highest BCUT2D eigenvalue weighted by molar-refractivity contribution is 7.99. The Bertz CT molecular complexity index is 1210. The van der Waals surface area contributed by atoms with E-state index in [0.29, 0.717) is 33.5 Å². The fourth-order valence-electron chi connectivity index (χ4n) is 3.03. The maximum Gasteiger partial charge on any atom is 0.267 e. The number of hydrogen-bond acceptors (Lipinski definition) is 7. The van der Waals surface area contributed by atoms with Gasteiger partial charge in [0.05, 0.1) is 30.4 Å². The lowest BCUT2D eigenvalue weighted by molar-refractivity contribution is -0.113.